The van der Waals surface area contributed by atoms with Gasteiger partial charge in [-0.15, -0.1) is 4.98 Å². The summed E-state index contributed by atoms with van der Waals surface area (Å²) in [4.78, 5) is 12.4. The normalized spacial score (nSPS) is 10.6. The molecule has 0 saturated heterocycles. The molecule has 2 rings (SSSR count). The van der Waals surface area contributed by atoms with E-state index in [1.807, 2.05) is 26.8 Å². The Labute approximate surface area is 128 Å². The lowest BCUT2D eigenvalue weighted by Crippen LogP contribution is -2.11. The van der Waals surface area contributed by atoms with Gasteiger partial charge in [0, 0.05) is 12.1 Å². The van der Waals surface area contributed by atoms with Crippen LogP contribution in [0.15, 0.2) is 18.2 Å². The fourth-order valence-electron chi connectivity index (χ4n) is 1.58. The van der Waals surface area contributed by atoms with Crippen molar-refractivity contribution in [3.05, 3.63) is 28.8 Å². The second-order valence-corrected chi connectivity index (χ2v) is 5.09. The van der Waals surface area contributed by atoms with Crippen molar-refractivity contribution in [1.29, 1.82) is 0 Å². The Balaban J connectivity index is 2.29. The van der Waals surface area contributed by atoms with Gasteiger partial charge in [0.25, 0.3) is 0 Å². The van der Waals surface area contributed by atoms with Crippen LogP contribution in [0.25, 0.3) is 0 Å². The Bertz CT molecular complexity index is 634. The number of halogens is 1. The minimum Gasteiger partial charge on any atom is -0.461 e. The summed E-state index contributed by atoms with van der Waals surface area (Å²) >= 11 is 5.92. The first-order valence-electron chi connectivity index (χ1n) is 6.52. The Morgan fingerprint density at radius 3 is 2.48 bits per heavy atom. The topological polar surface area (TPSA) is 69.2 Å². The Kier molecular flexibility index (Phi) is 4.80. The van der Waals surface area contributed by atoms with Gasteiger partial charge in [0.15, 0.2) is 0 Å². The van der Waals surface area contributed by atoms with Crippen LogP contribution >= 0.6 is 11.6 Å². The molecule has 1 aromatic carbocycles. The van der Waals surface area contributed by atoms with Gasteiger partial charge in [0.2, 0.25) is 5.95 Å². The molecule has 0 aliphatic heterocycles. The number of benzene rings is 1. The molecule has 0 amide bonds. The van der Waals surface area contributed by atoms with Crippen LogP contribution < -0.4 is 14.8 Å². The lowest BCUT2D eigenvalue weighted by molar-refractivity contribution is 0.218. The summed E-state index contributed by atoms with van der Waals surface area (Å²) in [6, 6.07) is 5.70. The largest absolute Gasteiger partial charge is 0.461 e. The molecule has 1 aromatic heterocycles. The van der Waals surface area contributed by atoms with Gasteiger partial charge in [-0.1, -0.05) is 11.6 Å². The van der Waals surface area contributed by atoms with Gasteiger partial charge in [-0.2, -0.15) is 9.97 Å². The van der Waals surface area contributed by atoms with Crippen molar-refractivity contribution in [3.8, 4) is 17.8 Å². The van der Waals surface area contributed by atoms with Crippen molar-refractivity contribution < 1.29 is 9.47 Å². The van der Waals surface area contributed by atoms with E-state index in [0.29, 0.717) is 16.7 Å². The summed E-state index contributed by atoms with van der Waals surface area (Å²) in [6.07, 6.45) is -0.0396. The van der Waals surface area contributed by atoms with E-state index in [-0.39, 0.29) is 18.1 Å². The number of aryl methyl sites for hydroxylation is 1. The maximum Gasteiger partial charge on any atom is 0.330 e. The van der Waals surface area contributed by atoms with Crippen LogP contribution in [0.2, 0.25) is 5.02 Å². The third kappa shape index (κ3) is 4.19. The second kappa shape index (κ2) is 6.58. The highest BCUT2D eigenvalue weighted by atomic mass is 35.5. The van der Waals surface area contributed by atoms with Crippen molar-refractivity contribution in [2.75, 3.05) is 12.4 Å². The maximum atomic E-state index is 5.92. The summed E-state index contributed by atoms with van der Waals surface area (Å²) < 4.78 is 11.2. The number of nitrogens with one attached hydrogen (secondary N) is 1. The van der Waals surface area contributed by atoms with Crippen molar-refractivity contribution >= 4 is 17.5 Å². The van der Waals surface area contributed by atoms with Gasteiger partial charge in [0.1, 0.15) is 5.75 Å². The number of rotatable bonds is 5. The third-order valence-electron chi connectivity index (χ3n) is 2.50. The lowest BCUT2D eigenvalue weighted by atomic mass is 10.2. The Morgan fingerprint density at radius 1 is 1.14 bits per heavy atom. The molecule has 0 unspecified atom stereocenters. The predicted molar refractivity (Wildman–Crippen MR) is 81.4 cm³/mol. The predicted octanol–water partition coefficient (Wildman–Crippen LogP) is 3.45. The van der Waals surface area contributed by atoms with Gasteiger partial charge < -0.3 is 14.8 Å². The van der Waals surface area contributed by atoms with Gasteiger partial charge in [-0.3, -0.25) is 0 Å². The summed E-state index contributed by atoms with van der Waals surface area (Å²) in [7, 11) is 1.71. The molecule has 0 fully saturated rings. The standard InChI is InChI=1S/C14H17ClN4O2/c1-8(2)20-13-17-12(16-4)18-14(19-13)21-11-6-5-10(15)7-9(11)3/h5-8H,1-4H3,(H,16,17,18,19). The molecule has 7 heteroatoms. The molecular weight excluding hydrogens is 292 g/mol. The van der Waals surface area contributed by atoms with E-state index >= 15 is 0 Å². The zero-order chi connectivity index (χ0) is 15.4. The first kappa shape index (κ1) is 15.3. The van der Waals surface area contributed by atoms with Crippen LogP contribution in [0.4, 0.5) is 5.95 Å². The van der Waals surface area contributed by atoms with Gasteiger partial charge in [-0.05, 0) is 44.5 Å². The summed E-state index contributed by atoms with van der Waals surface area (Å²) in [5.41, 5.74) is 0.889. The summed E-state index contributed by atoms with van der Waals surface area (Å²) in [5, 5.41) is 3.50. The fraction of sp³-hybridized carbons (Fsp3) is 0.357. The van der Waals surface area contributed by atoms with Gasteiger partial charge in [-0.25, -0.2) is 0 Å². The molecule has 112 valence electrons. The highest BCUT2D eigenvalue weighted by Gasteiger charge is 2.11. The van der Waals surface area contributed by atoms with E-state index in [9.17, 15) is 0 Å². The van der Waals surface area contributed by atoms with Crippen LogP contribution in [-0.2, 0) is 0 Å². The molecule has 2 aromatic rings. The second-order valence-electron chi connectivity index (χ2n) is 4.65. The minimum absolute atomic E-state index is 0.0396. The lowest BCUT2D eigenvalue weighted by Gasteiger charge is -2.11. The SMILES string of the molecule is CNc1nc(Oc2ccc(Cl)cc2C)nc(OC(C)C)n1. The van der Waals surface area contributed by atoms with Crippen LogP contribution in [0.5, 0.6) is 17.8 Å². The van der Waals surface area contributed by atoms with Crippen LogP contribution in [0, 0.1) is 6.92 Å². The monoisotopic (exact) mass is 308 g/mol. The number of ether oxygens (including phenoxy) is 2. The zero-order valence-corrected chi connectivity index (χ0v) is 13.1. The highest BCUT2D eigenvalue weighted by molar-refractivity contribution is 6.30. The Morgan fingerprint density at radius 2 is 1.86 bits per heavy atom. The highest BCUT2D eigenvalue weighted by Crippen LogP contribution is 2.26. The quantitative estimate of drug-likeness (QED) is 0.912. The zero-order valence-electron chi connectivity index (χ0n) is 12.3. The maximum absolute atomic E-state index is 5.92. The minimum atomic E-state index is -0.0396. The van der Waals surface area contributed by atoms with Gasteiger partial charge in [0.05, 0.1) is 6.10 Å². The third-order valence-corrected chi connectivity index (χ3v) is 2.73. The molecule has 0 aliphatic carbocycles. The average molecular weight is 309 g/mol. The van der Waals surface area contributed by atoms with E-state index in [0.717, 1.165) is 5.56 Å². The molecule has 1 N–H and O–H groups in total. The van der Waals surface area contributed by atoms with Gasteiger partial charge >= 0.3 is 12.0 Å². The van der Waals surface area contributed by atoms with Crippen molar-refractivity contribution in [2.45, 2.75) is 26.9 Å². The molecule has 0 saturated carbocycles. The molecule has 0 atom stereocenters. The van der Waals surface area contributed by atoms with E-state index < -0.39 is 0 Å². The molecule has 0 spiro atoms. The van der Waals surface area contributed by atoms with Crippen LogP contribution in [0.1, 0.15) is 19.4 Å². The molecule has 1 heterocycles. The van der Waals surface area contributed by atoms with E-state index in [4.69, 9.17) is 21.1 Å². The molecule has 6 nitrogen and oxygen atoms in total. The summed E-state index contributed by atoms with van der Waals surface area (Å²) in [5.74, 6) is 1.01. The van der Waals surface area contributed by atoms with E-state index in [1.165, 1.54) is 0 Å². The number of hydrogen-bond donors (Lipinski definition) is 1. The van der Waals surface area contributed by atoms with Crippen LogP contribution in [0.3, 0.4) is 0 Å². The van der Waals surface area contributed by atoms with Crippen LogP contribution in [-0.4, -0.2) is 28.1 Å². The molecule has 21 heavy (non-hydrogen) atoms. The van der Waals surface area contributed by atoms with Crippen molar-refractivity contribution in [2.24, 2.45) is 0 Å². The first-order valence-corrected chi connectivity index (χ1v) is 6.90. The number of hydrogen-bond acceptors (Lipinski definition) is 6. The Hall–Kier alpha value is -2.08. The van der Waals surface area contributed by atoms with E-state index in [2.05, 4.69) is 20.3 Å². The average Bonchev–Trinajstić information content (AvgIpc) is 2.41. The molecule has 0 aliphatic rings. The number of nitrogens with zero attached hydrogens (tertiary/aromatic N) is 3. The number of aromatic nitrogens is 3. The smallest absolute Gasteiger partial charge is 0.330 e. The molecular formula is C14H17ClN4O2. The molecule has 0 bridgehead atoms. The van der Waals surface area contributed by atoms with E-state index in [1.54, 1.807) is 19.2 Å². The van der Waals surface area contributed by atoms with Crippen molar-refractivity contribution in [3.63, 3.8) is 0 Å². The number of anilines is 1. The molecule has 0 radical (unpaired) electrons. The first-order chi connectivity index (χ1) is 9.97. The van der Waals surface area contributed by atoms with Crippen molar-refractivity contribution in [1.82, 2.24) is 15.0 Å². The fourth-order valence-corrected chi connectivity index (χ4v) is 1.81. The summed E-state index contributed by atoms with van der Waals surface area (Å²) in [6.45, 7) is 5.69.